The number of nitrogens with two attached hydrogens (primary N) is 1. The summed E-state index contributed by atoms with van der Waals surface area (Å²) in [6.45, 7) is 0.795. The maximum absolute atomic E-state index is 11.6. The minimum atomic E-state index is -0.0882. The van der Waals surface area contributed by atoms with Gasteiger partial charge in [0.05, 0.1) is 12.2 Å². The van der Waals surface area contributed by atoms with E-state index in [4.69, 9.17) is 22.7 Å². The molecule has 21 heavy (non-hydrogen) atoms. The van der Waals surface area contributed by atoms with Gasteiger partial charge in [-0.2, -0.15) is 0 Å². The number of rotatable bonds is 6. The number of thiocarbonyl (C=S) groups is 1. The Bertz CT molecular complexity index is 544. The van der Waals surface area contributed by atoms with Crippen LogP contribution < -0.4 is 10.5 Å². The van der Waals surface area contributed by atoms with Crippen molar-refractivity contribution in [2.45, 2.75) is 25.7 Å². The lowest BCUT2D eigenvalue weighted by Gasteiger charge is -2.24. The molecule has 2 N–H and O–H groups in total. The van der Waals surface area contributed by atoms with Crippen molar-refractivity contribution >= 4 is 29.0 Å². The van der Waals surface area contributed by atoms with Crippen LogP contribution >= 0.6 is 12.2 Å². The highest BCUT2D eigenvalue weighted by Gasteiger charge is 2.25. The number of para-hydroxylation sites is 1. The van der Waals surface area contributed by atoms with Crippen LogP contribution in [-0.2, 0) is 9.59 Å². The van der Waals surface area contributed by atoms with E-state index in [-0.39, 0.29) is 16.8 Å². The number of hydrogen-bond acceptors (Lipinski definition) is 4. The van der Waals surface area contributed by atoms with Gasteiger partial charge in [0, 0.05) is 19.4 Å². The average molecular weight is 306 g/mol. The van der Waals surface area contributed by atoms with Crippen molar-refractivity contribution in [1.82, 2.24) is 4.90 Å². The molecule has 1 aliphatic heterocycles. The van der Waals surface area contributed by atoms with Crippen molar-refractivity contribution in [3.63, 3.8) is 0 Å². The van der Waals surface area contributed by atoms with Crippen LogP contribution in [0.25, 0.3) is 0 Å². The first kappa shape index (κ1) is 15.4. The molecular formula is C15H18N2O3S. The van der Waals surface area contributed by atoms with Crippen LogP contribution in [0.1, 0.15) is 31.2 Å². The molecule has 0 bridgehead atoms. The molecule has 1 aromatic carbocycles. The van der Waals surface area contributed by atoms with Gasteiger partial charge in [0.25, 0.3) is 0 Å². The quantitative estimate of drug-likeness (QED) is 0.491. The van der Waals surface area contributed by atoms with E-state index in [0.717, 1.165) is 0 Å². The predicted molar refractivity (Wildman–Crippen MR) is 83.0 cm³/mol. The van der Waals surface area contributed by atoms with E-state index in [9.17, 15) is 9.59 Å². The lowest BCUT2D eigenvalue weighted by atomic mass is 10.1. The Balaban J connectivity index is 1.84. The molecule has 1 aromatic rings. The first-order valence-corrected chi connectivity index (χ1v) is 7.35. The molecule has 0 aromatic heterocycles. The van der Waals surface area contributed by atoms with Crippen molar-refractivity contribution in [3.8, 4) is 5.75 Å². The summed E-state index contributed by atoms with van der Waals surface area (Å²) in [5.74, 6) is 0.450. The number of amides is 2. The first-order valence-electron chi connectivity index (χ1n) is 6.94. The van der Waals surface area contributed by atoms with Crippen LogP contribution in [0.5, 0.6) is 5.75 Å². The number of nitrogens with zero attached hydrogens (tertiary/aromatic N) is 1. The molecule has 2 rings (SSSR count). The highest BCUT2D eigenvalue weighted by molar-refractivity contribution is 7.80. The van der Waals surface area contributed by atoms with Gasteiger partial charge < -0.3 is 10.5 Å². The second-order valence-corrected chi connectivity index (χ2v) is 5.29. The maximum Gasteiger partial charge on any atom is 0.229 e. The molecule has 0 aliphatic carbocycles. The summed E-state index contributed by atoms with van der Waals surface area (Å²) in [4.78, 5) is 24.9. The lowest BCUT2D eigenvalue weighted by Crippen LogP contribution is -2.41. The Labute approximate surface area is 129 Å². The number of carbonyl (C=O) groups is 2. The predicted octanol–water partition coefficient (Wildman–Crippen LogP) is 1.63. The van der Waals surface area contributed by atoms with Gasteiger partial charge in [-0.15, -0.1) is 0 Å². The smallest absolute Gasteiger partial charge is 0.229 e. The van der Waals surface area contributed by atoms with E-state index >= 15 is 0 Å². The van der Waals surface area contributed by atoms with E-state index < -0.39 is 0 Å². The summed E-state index contributed by atoms with van der Waals surface area (Å²) in [5.41, 5.74) is 6.32. The highest BCUT2D eigenvalue weighted by atomic mass is 32.1. The monoisotopic (exact) mass is 306 g/mol. The average Bonchev–Trinajstić information content (AvgIpc) is 2.46. The standard InChI is InChI=1S/C15H18N2O3S/c16-15(21)11-5-1-2-6-12(11)20-10-4-9-17-13(18)7-3-8-14(17)19/h1-2,5-6H,3-4,7-10H2,(H2,16,21). The fourth-order valence-electron chi connectivity index (χ4n) is 2.25. The van der Waals surface area contributed by atoms with Crippen molar-refractivity contribution in [1.29, 1.82) is 0 Å². The van der Waals surface area contributed by atoms with Gasteiger partial charge in [-0.25, -0.2) is 0 Å². The van der Waals surface area contributed by atoms with Crippen LogP contribution in [0.2, 0.25) is 0 Å². The molecule has 2 amide bonds. The third kappa shape index (κ3) is 4.01. The number of imide groups is 1. The van der Waals surface area contributed by atoms with Gasteiger partial charge >= 0.3 is 0 Å². The van der Waals surface area contributed by atoms with Crippen molar-refractivity contribution in [2.24, 2.45) is 5.73 Å². The first-order chi connectivity index (χ1) is 10.1. The minimum Gasteiger partial charge on any atom is -0.493 e. The Hall–Kier alpha value is -1.95. The van der Waals surface area contributed by atoms with Crippen LogP contribution in [0, 0.1) is 0 Å². The number of piperidine rings is 1. The molecule has 1 fully saturated rings. The number of benzene rings is 1. The largest absolute Gasteiger partial charge is 0.493 e. The molecule has 0 radical (unpaired) electrons. The Morgan fingerprint density at radius 1 is 1.24 bits per heavy atom. The summed E-state index contributed by atoms with van der Waals surface area (Å²) in [6.07, 6.45) is 2.16. The Morgan fingerprint density at radius 2 is 1.90 bits per heavy atom. The zero-order valence-electron chi connectivity index (χ0n) is 11.7. The third-order valence-electron chi connectivity index (χ3n) is 3.32. The van der Waals surface area contributed by atoms with Gasteiger partial charge in [-0.05, 0) is 25.0 Å². The molecular weight excluding hydrogens is 288 g/mol. The summed E-state index contributed by atoms with van der Waals surface area (Å²) < 4.78 is 5.64. The molecule has 1 aliphatic rings. The fraction of sp³-hybridized carbons (Fsp3) is 0.400. The summed E-state index contributed by atoms with van der Waals surface area (Å²) in [6, 6.07) is 7.28. The van der Waals surface area contributed by atoms with Crippen LogP contribution in [-0.4, -0.2) is 34.9 Å². The van der Waals surface area contributed by atoms with E-state index in [1.54, 1.807) is 12.1 Å². The second kappa shape index (κ2) is 7.17. The molecule has 1 heterocycles. The number of hydrogen-bond donors (Lipinski definition) is 1. The molecule has 6 heteroatoms. The minimum absolute atomic E-state index is 0.0882. The summed E-state index contributed by atoms with van der Waals surface area (Å²) in [7, 11) is 0. The third-order valence-corrected chi connectivity index (χ3v) is 3.54. The van der Waals surface area contributed by atoms with Gasteiger partial charge in [0.2, 0.25) is 11.8 Å². The molecule has 5 nitrogen and oxygen atoms in total. The fourth-order valence-corrected chi connectivity index (χ4v) is 2.42. The van der Waals surface area contributed by atoms with Gasteiger partial charge in [0.1, 0.15) is 10.7 Å². The number of carbonyl (C=O) groups excluding carboxylic acids is 2. The van der Waals surface area contributed by atoms with Gasteiger partial charge in [-0.1, -0.05) is 24.4 Å². The van der Waals surface area contributed by atoms with Crippen LogP contribution in [0.4, 0.5) is 0 Å². The normalized spacial score (nSPS) is 15.1. The van der Waals surface area contributed by atoms with Gasteiger partial charge in [-0.3, -0.25) is 14.5 Å². The van der Waals surface area contributed by atoms with E-state index in [1.807, 2.05) is 12.1 Å². The molecule has 0 saturated carbocycles. The SMILES string of the molecule is NC(=S)c1ccccc1OCCCN1C(=O)CCCC1=O. The second-order valence-electron chi connectivity index (χ2n) is 4.86. The summed E-state index contributed by atoms with van der Waals surface area (Å²) in [5, 5.41) is 0. The van der Waals surface area contributed by atoms with Crippen molar-refractivity contribution < 1.29 is 14.3 Å². The van der Waals surface area contributed by atoms with E-state index in [2.05, 4.69) is 0 Å². The highest BCUT2D eigenvalue weighted by Crippen LogP contribution is 2.18. The number of likely N-dealkylation sites (tertiary alicyclic amines) is 1. The van der Waals surface area contributed by atoms with Crippen LogP contribution in [0.3, 0.4) is 0 Å². The van der Waals surface area contributed by atoms with Crippen molar-refractivity contribution in [2.75, 3.05) is 13.2 Å². The molecule has 0 spiro atoms. The molecule has 1 saturated heterocycles. The van der Waals surface area contributed by atoms with Gasteiger partial charge in [0.15, 0.2) is 0 Å². The summed E-state index contributed by atoms with van der Waals surface area (Å²) >= 11 is 4.96. The molecule has 0 atom stereocenters. The zero-order valence-corrected chi connectivity index (χ0v) is 12.5. The van der Waals surface area contributed by atoms with E-state index in [1.165, 1.54) is 4.90 Å². The Kier molecular flexibility index (Phi) is 5.27. The van der Waals surface area contributed by atoms with E-state index in [0.29, 0.717) is 50.1 Å². The lowest BCUT2D eigenvalue weighted by molar-refractivity contribution is -0.148. The molecule has 112 valence electrons. The maximum atomic E-state index is 11.6. The Morgan fingerprint density at radius 3 is 2.57 bits per heavy atom. The van der Waals surface area contributed by atoms with Crippen LogP contribution in [0.15, 0.2) is 24.3 Å². The van der Waals surface area contributed by atoms with Crippen molar-refractivity contribution in [3.05, 3.63) is 29.8 Å². The molecule has 0 unspecified atom stereocenters. The number of ether oxygens (including phenoxy) is 1. The zero-order chi connectivity index (χ0) is 15.2. The topological polar surface area (TPSA) is 72.6 Å².